The average Bonchev–Trinajstić information content (AvgIpc) is 3.33. The van der Waals surface area contributed by atoms with Gasteiger partial charge in [-0.2, -0.15) is 0 Å². The van der Waals surface area contributed by atoms with Gasteiger partial charge in [0.15, 0.2) is 0 Å². The molecule has 4 rings (SSSR count). The summed E-state index contributed by atoms with van der Waals surface area (Å²) in [4.78, 5) is 39.0. The van der Waals surface area contributed by atoms with Gasteiger partial charge in [0.1, 0.15) is 18.2 Å². The Kier molecular flexibility index (Phi) is 9.44. The lowest BCUT2D eigenvalue weighted by Crippen LogP contribution is -2.54. The Morgan fingerprint density at radius 2 is 1.92 bits per heavy atom. The molecule has 2 aromatic heterocycles. The smallest absolute Gasteiger partial charge is 0.243 e. The SMILES string of the molecule is CCC(=O)N[C@@H](Cc1nc2ccc(C(C)C)cc2s1)C(=O)N[C@H](CNc1ccncn1)C1CCCCC1. The second kappa shape index (κ2) is 12.9. The zero-order chi connectivity index (χ0) is 26.2. The van der Waals surface area contributed by atoms with Crippen LogP contribution in [0.1, 0.15) is 75.8 Å². The van der Waals surface area contributed by atoms with Crippen LogP contribution >= 0.6 is 11.3 Å². The summed E-state index contributed by atoms with van der Waals surface area (Å²) < 4.78 is 1.11. The molecule has 1 aliphatic carbocycles. The zero-order valence-electron chi connectivity index (χ0n) is 22.0. The summed E-state index contributed by atoms with van der Waals surface area (Å²) in [5.41, 5.74) is 2.20. The molecule has 198 valence electrons. The van der Waals surface area contributed by atoms with E-state index < -0.39 is 6.04 Å². The van der Waals surface area contributed by atoms with Crippen molar-refractivity contribution in [2.24, 2.45) is 5.92 Å². The third kappa shape index (κ3) is 7.47. The summed E-state index contributed by atoms with van der Waals surface area (Å²) >= 11 is 1.59. The Balaban J connectivity index is 1.50. The van der Waals surface area contributed by atoms with E-state index in [1.807, 2.05) is 12.1 Å². The molecule has 0 spiro atoms. The highest BCUT2D eigenvalue weighted by Crippen LogP contribution is 2.28. The quantitative estimate of drug-likeness (QED) is 0.333. The first kappa shape index (κ1) is 27.0. The van der Waals surface area contributed by atoms with Gasteiger partial charge in [-0.25, -0.2) is 15.0 Å². The van der Waals surface area contributed by atoms with Crippen molar-refractivity contribution in [2.45, 2.75) is 83.7 Å². The number of anilines is 1. The summed E-state index contributed by atoms with van der Waals surface area (Å²) in [6.07, 6.45) is 9.64. The summed E-state index contributed by atoms with van der Waals surface area (Å²) in [5, 5.41) is 10.4. The lowest BCUT2D eigenvalue weighted by Gasteiger charge is -2.32. The van der Waals surface area contributed by atoms with Gasteiger partial charge in [-0.15, -0.1) is 11.3 Å². The van der Waals surface area contributed by atoms with Crippen molar-refractivity contribution < 1.29 is 9.59 Å². The molecule has 8 nitrogen and oxygen atoms in total. The fourth-order valence-corrected chi connectivity index (χ4v) is 5.94. The fraction of sp³-hybridized carbons (Fsp3) is 0.536. The number of carbonyl (C=O) groups excluding carboxylic acids is 2. The van der Waals surface area contributed by atoms with E-state index in [0.717, 1.165) is 33.9 Å². The van der Waals surface area contributed by atoms with E-state index in [0.29, 0.717) is 31.2 Å². The van der Waals surface area contributed by atoms with E-state index >= 15 is 0 Å². The number of nitrogens with zero attached hydrogens (tertiary/aromatic N) is 3. The van der Waals surface area contributed by atoms with E-state index in [4.69, 9.17) is 4.98 Å². The molecule has 2 heterocycles. The molecule has 2 amide bonds. The van der Waals surface area contributed by atoms with E-state index in [1.165, 1.54) is 31.2 Å². The number of hydrogen-bond donors (Lipinski definition) is 3. The van der Waals surface area contributed by atoms with Crippen molar-refractivity contribution in [1.29, 1.82) is 0 Å². The Morgan fingerprint density at radius 3 is 2.62 bits per heavy atom. The van der Waals surface area contributed by atoms with Gasteiger partial charge >= 0.3 is 0 Å². The molecule has 0 unspecified atom stereocenters. The van der Waals surface area contributed by atoms with E-state index in [9.17, 15) is 9.59 Å². The molecular formula is C28H38N6O2S. The van der Waals surface area contributed by atoms with Gasteiger partial charge in [0.2, 0.25) is 11.8 Å². The van der Waals surface area contributed by atoms with Gasteiger partial charge in [-0.3, -0.25) is 9.59 Å². The van der Waals surface area contributed by atoms with E-state index in [2.05, 4.69) is 51.9 Å². The van der Waals surface area contributed by atoms with Crippen LogP contribution < -0.4 is 16.0 Å². The fourth-order valence-electron chi connectivity index (χ4n) is 4.88. The summed E-state index contributed by atoms with van der Waals surface area (Å²) in [5.74, 6) is 1.24. The number of thiazole rings is 1. The van der Waals surface area contributed by atoms with Gasteiger partial charge in [0, 0.05) is 31.6 Å². The molecule has 0 aliphatic heterocycles. The summed E-state index contributed by atoms with van der Waals surface area (Å²) in [7, 11) is 0. The minimum absolute atomic E-state index is 0.0623. The predicted octanol–water partition coefficient (Wildman–Crippen LogP) is 4.82. The van der Waals surface area contributed by atoms with Crippen molar-refractivity contribution in [1.82, 2.24) is 25.6 Å². The highest BCUT2D eigenvalue weighted by molar-refractivity contribution is 7.18. The Labute approximate surface area is 223 Å². The molecule has 2 atom stereocenters. The Morgan fingerprint density at radius 1 is 1.11 bits per heavy atom. The minimum Gasteiger partial charge on any atom is -0.368 e. The number of carbonyl (C=O) groups is 2. The number of rotatable bonds is 11. The van der Waals surface area contributed by atoms with Crippen LogP contribution in [-0.2, 0) is 16.0 Å². The van der Waals surface area contributed by atoms with Crippen molar-refractivity contribution >= 4 is 39.2 Å². The maximum Gasteiger partial charge on any atom is 0.243 e. The minimum atomic E-state index is -0.678. The topological polar surface area (TPSA) is 109 Å². The normalized spacial score (nSPS) is 15.9. The van der Waals surface area contributed by atoms with Crippen LogP contribution in [-0.4, -0.2) is 45.4 Å². The molecule has 1 aliphatic rings. The van der Waals surface area contributed by atoms with Crippen LogP contribution in [0.15, 0.2) is 36.8 Å². The first-order valence-corrected chi connectivity index (χ1v) is 14.2. The number of nitrogens with one attached hydrogen (secondary N) is 3. The van der Waals surface area contributed by atoms with Gasteiger partial charge in [-0.1, -0.05) is 46.1 Å². The first-order valence-electron chi connectivity index (χ1n) is 13.4. The maximum atomic E-state index is 13.6. The number of hydrogen-bond acceptors (Lipinski definition) is 7. The van der Waals surface area contributed by atoms with E-state index in [-0.39, 0.29) is 17.9 Å². The molecule has 0 saturated heterocycles. The zero-order valence-corrected chi connectivity index (χ0v) is 22.8. The second-order valence-corrected chi connectivity index (χ2v) is 11.3. The number of fused-ring (bicyclic) bond motifs is 1. The number of benzene rings is 1. The molecule has 1 fully saturated rings. The molecular weight excluding hydrogens is 484 g/mol. The lowest BCUT2D eigenvalue weighted by atomic mass is 9.83. The van der Waals surface area contributed by atoms with Crippen molar-refractivity contribution in [3.8, 4) is 0 Å². The van der Waals surface area contributed by atoms with Crippen LogP contribution in [0.2, 0.25) is 0 Å². The molecule has 3 N–H and O–H groups in total. The lowest BCUT2D eigenvalue weighted by molar-refractivity contribution is -0.129. The highest BCUT2D eigenvalue weighted by Gasteiger charge is 2.29. The molecule has 1 saturated carbocycles. The molecule has 37 heavy (non-hydrogen) atoms. The van der Waals surface area contributed by atoms with Crippen LogP contribution in [0.3, 0.4) is 0 Å². The Hall–Kier alpha value is -3.07. The molecule has 9 heteroatoms. The standard InChI is InChI=1S/C28H38N6O2S/c1-4-26(35)32-22(15-27-33-21-11-10-20(18(2)3)14-24(21)37-27)28(36)34-23(19-8-6-5-7-9-19)16-30-25-12-13-29-17-31-25/h10-14,17-19,22-23H,4-9,15-16H2,1-3H3,(H,32,35)(H,34,36)(H,29,30,31)/t22-,23+/m0/s1. The molecule has 0 radical (unpaired) electrons. The van der Waals surface area contributed by atoms with Crippen LogP contribution in [0.25, 0.3) is 10.2 Å². The third-order valence-electron chi connectivity index (χ3n) is 7.11. The summed E-state index contributed by atoms with van der Waals surface area (Å²) in [6.45, 7) is 6.71. The van der Waals surface area contributed by atoms with Gasteiger partial charge < -0.3 is 16.0 Å². The van der Waals surface area contributed by atoms with Gasteiger partial charge in [0.05, 0.1) is 15.2 Å². The average molecular weight is 523 g/mol. The largest absolute Gasteiger partial charge is 0.368 e. The predicted molar refractivity (Wildman–Crippen MR) is 149 cm³/mol. The van der Waals surface area contributed by atoms with Crippen LogP contribution in [0, 0.1) is 5.92 Å². The Bertz CT molecular complexity index is 1180. The highest BCUT2D eigenvalue weighted by atomic mass is 32.1. The van der Waals surface area contributed by atoms with E-state index in [1.54, 1.807) is 24.5 Å². The summed E-state index contributed by atoms with van der Waals surface area (Å²) in [6, 6.07) is 7.41. The van der Waals surface area contributed by atoms with Crippen molar-refractivity contribution in [2.75, 3.05) is 11.9 Å². The number of aromatic nitrogens is 3. The van der Waals surface area contributed by atoms with Crippen LogP contribution in [0.5, 0.6) is 0 Å². The first-order chi connectivity index (χ1) is 17.9. The van der Waals surface area contributed by atoms with Gasteiger partial charge in [-0.05, 0) is 48.4 Å². The monoisotopic (exact) mass is 522 g/mol. The van der Waals surface area contributed by atoms with Gasteiger partial charge in [0.25, 0.3) is 0 Å². The van der Waals surface area contributed by atoms with Crippen molar-refractivity contribution in [3.63, 3.8) is 0 Å². The maximum absolute atomic E-state index is 13.6. The third-order valence-corrected chi connectivity index (χ3v) is 8.15. The second-order valence-electron chi connectivity index (χ2n) is 10.2. The van der Waals surface area contributed by atoms with Crippen LogP contribution in [0.4, 0.5) is 5.82 Å². The molecule has 3 aromatic rings. The number of amides is 2. The molecule has 0 bridgehead atoms. The molecule has 1 aromatic carbocycles. The van der Waals surface area contributed by atoms with Crippen molar-refractivity contribution in [3.05, 3.63) is 47.4 Å².